The number of hydrogen-bond acceptors (Lipinski definition) is 4. The lowest BCUT2D eigenvalue weighted by molar-refractivity contribution is -0.117. The zero-order chi connectivity index (χ0) is 20.9. The number of piperidine rings is 1. The van der Waals surface area contributed by atoms with Gasteiger partial charge in [0.1, 0.15) is 5.69 Å². The molecule has 1 aromatic carbocycles. The van der Waals surface area contributed by atoms with Crippen LogP contribution >= 0.6 is 0 Å². The van der Waals surface area contributed by atoms with Crippen molar-refractivity contribution in [3.05, 3.63) is 64.1 Å². The number of hydrogen-bond donors (Lipinski definition) is 1. The smallest absolute Gasteiger partial charge is 0.274 e. The zero-order valence-electron chi connectivity index (χ0n) is 17.7. The minimum absolute atomic E-state index is 0.0782. The Hall–Kier alpha value is -2.44. The fourth-order valence-corrected chi connectivity index (χ4v) is 4.88. The lowest BCUT2D eigenvalue weighted by Gasteiger charge is -2.43. The molecule has 2 aliphatic rings. The molecule has 1 saturated heterocycles. The first kappa shape index (κ1) is 20.8. The summed E-state index contributed by atoms with van der Waals surface area (Å²) in [5.74, 6) is 0.695. The molecule has 1 N–H and O–H groups in total. The number of aryl methyl sites for hydroxylation is 1. The van der Waals surface area contributed by atoms with Crippen LogP contribution in [0.5, 0.6) is 0 Å². The molecule has 0 saturated carbocycles. The van der Waals surface area contributed by atoms with Crippen molar-refractivity contribution >= 4 is 11.6 Å². The van der Waals surface area contributed by atoms with E-state index in [1.165, 1.54) is 5.56 Å². The Balaban J connectivity index is 1.39. The number of carbonyl (C=O) groups excluding carboxylic acids is 1. The monoisotopic (exact) mass is 409 g/mol. The highest BCUT2D eigenvalue weighted by molar-refractivity contribution is 5.90. The number of carbonyl (C=O) groups is 1. The number of rotatable bonds is 8. The van der Waals surface area contributed by atoms with Crippen LogP contribution in [0, 0.1) is 5.92 Å². The van der Waals surface area contributed by atoms with Gasteiger partial charge in [0.15, 0.2) is 0 Å². The molecule has 160 valence electrons. The van der Waals surface area contributed by atoms with E-state index < -0.39 is 0 Å². The summed E-state index contributed by atoms with van der Waals surface area (Å²) in [5, 5.41) is 2.75. The van der Waals surface area contributed by atoms with Crippen LogP contribution in [-0.2, 0) is 22.5 Å². The molecule has 1 amide bonds. The fourth-order valence-electron chi connectivity index (χ4n) is 4.88. The topological polar surface area (TPSA) is 63.6 Å². The maximum absolute atomic E-state index is 13.0. The average Bonchev–Trinajstić information content (AvgIpc) is 2.75. The number of fused-ring (bicyclic) bond motifs is 4. The molecule has 2 bridgehead atoms. The van der Waals surface area contributed by atoms with Gasteiger partial charge in [-0.2, -0.15) is 0 Å². The summed E-state index contributed by atoms with van der Waals surface area (Å²) >= 11 is 0. The third-order valence-corrected chi connectivity index (χ3v) is 6.27. The van der Waals surface area contributed by atoms with Crippen LogP contribution in [0.25, 0.3) is 0 Å². The van der Waals surface area contributed by atoms with E-state index in [1.54, 1.807) is 13.2 Å². The molecule has 6 heteroatoms. The van der Waals surface area contributed by atoms with Crippen molar-refractivity contribution in [3.8, 4) is 0 Å². The van der Waals surface area contributed by atoms with Gasteiger partial charge in [-0.25, -0.2) is 0 Å². The minimum Gasteiger partial charge on any atom is -0.384 e. The molecule has 2 atom stereocenters. The summed E-state index contributed by atoms with van der Waals surface area (Å²) in [5.41, 5.74) is 2.80. The van der Waals surface area contributed by atoms with Gasteiger partial charge in [0.2, 0.25) is 5.91 Å². The average molecular weight is 410 g/mol. The van der Waals surface area contributed by atoms with Gasteiger partial charge in [-0.3, -0.25) is 9.59 Å². The summed E-state index contributed by atoms with van der Waals surface area (Å²) < 4.78 is 6.83. The minimum atomic E-state index is -0.185. The quantitative estimate of drug-likeness (QED) is 0.728. The van der Waals surface area contributed by atoms with Crippen molar-refractivity contribution in [1.29, 1.82) is 0 Å². The van der Waals surface area contributed by atoms with E-state index in [0.717, 1.165) is 51.1 Å². The molecule has 3 heterocycles. The van der Waals surface area contributed by atoms with Gasteiger partial charge >= 0.3 is 0 Å². The zero-order valence-corrected chi connectivity index (χ0v) is 17.7. The van der Waals surface area contributed by atoms with Gasteiger partial charge in [-0.05, 0) is 49.4 Å². The summed E-state index contributed by atoms with van der Waals surface area (Å²) in [6.45, 7) is 4.23. The van der Waals surface area contributed by atoms with Crippen LogP contribution in [0.4, 0.5) is 5.69 Å². The van der Waals surface area contributed by atoms with E-state index in [-0.39, 0.29) is 17.9 Å². The molecule has 6 nitrogen and oxygen atoms in total. The highest BCUT2D eigenvalue weighted by Gasteiger charge is 2.34. The molecule has 2 aliphatic heterocycles. The van der Waals surface area contributed by atoms with Crippen LogP contribution in [0.1, 0.15) is 36.4 Å². The van der Waals surface area contributed by atoms with E-state index in [0.29, 0.717) is 24.1 Å². The first-order valence-electron chi connectivity index (χ1n) is 10.9. The molecule has 30 heavy (non-hydrogen) atoms. The number of aromatic nitrogens is 1. The highest BCUT2D eigenvalue weighted by atomic mass is 16.5. The summed E-state index contributed by atoms with van der Waals surface area (Å²) in [7, 11) is 1.56. The lowest BCUT2D eigenvalue weighted by Crippen LogP contribution is -2.47. The number of nitrogens with one attached hydrogen (secondary N) is 1. The number of likely N-dealkylation sites (tertiary alicyclic amines) is 1. The number of anilines is 1. The Morgan fingerprint density at radius 3 is 2.77 bits per heavy atom. The number of benzene rings is 1. The van der Waals surface area contributed by atoms with Gasteiger partial charge < -0.3 is 19.5 Å². The van der Waals surface area contributed by atoms with E-state index in [9.17, 15) is 9.59 Å². The molecule has 0 unspecified atom stereocenters. The van der Waals surface area contributed by atoms with E-state index >= 15 is 0 Å². The molecule has 1 aromatic heterocycles. The van der Waals surface area contributed by atoms with Crippen LogP contribution in [0.2, 0.25) is 0 Å². The Kier molecular flexibility index (Phi) is 6.65. The molecular formula is C24H31N3O3. The van der Waals surface area contributed by atoms with Gasteiger partial charge in [0, 0.05) is 38.4 Å². The largest absolute Gasteiger partial charge is 0.384 e. The first-order chi connectivity index (χ1) is 14.6. The second kappa shape index (κ2) is 9.58. The number of nitrogens with zero attached hydrogens (tertiary/aromatic N) is 2. The second-order valence-corrected chi connectivity index (χ2v) is 8.53. The summed E-state index contributed by atoms with van der Waals surface area (Å²) in [6, 6.07) is 14.5. The van der Waals surface area contributed by atoms with E-state index in [4.69, 9.17) is 4.74 Å². The van der Waals surface area contributed by atoms with E-state index in [2.05, 4.69) is 40.5 Å². The Labute approximate surface area is 177 Å². The van der Waals surface area contributed by atoms with Crippen LogP contribution in [0.3, 0.4) is 0 Å². The van der Waals surface area contributed by atoms with Crippen LogP contribution in [-0.4, -0.2) is 48.7 Å². The molecular weight excluding hydrogens is 378 g/mol. The molecule has 2 aromatic rings. The number of pyridine rings is 1. The van der Waals surface area contributed by atoms with Gasteiger partial charge in [-0.1, -0.05) is 30.3 Å². The maximum Gasteiger partial charge on any atom is 0.274 e. The summed E-state index contributed by atoms with van der Waals surface area (Å²) in [4.78, 5) is 27.5. The first-order valence-corrected chi connectivity index (χ1v) is 10.9. The normalized spacial score (nSPS) is 20.6. The second-order valence-electron chi connectivity index (χ2n) is 8.53. The van der Waals surface area contributed by atoms with Gasteiger partial charge in [-0.15, -0.1) is 0 Å². The van der Waals surface area contributed by atoms with Crippen LogP contribution in [0.15, 0.2) is 47.3 Å². The third kappa shape index (κ3) is 4.82. The molecule has 4 rings (SSSR count). The molecule has 1 fully saturated rings. The van der Waals surface area contributed by atoms with Crippen molar-refractivity contribution in [2.24, 2.45) is 5.92 Å². The molecule has 0 spiro atoms. The molecule has 0 aliphatic carbocycles. The lowest BCUT2D eigenvalue weighted by atomic mass is 9.83. The van der Waals surface area contributed by atoms with Crippen molar-refractivity contribution in [2.75, 3.05) is 38.7 Å². The van der Waals surface area contributed by atoms with Gasteiger partial charge in [0.05, 0.1) is 13.0 Å². The fraction of sp³-hybridized carbons (Fsp3) is 0.500. The van der Waals surface area contributed by atoms with Crippen molar-refractivity contribution < 1.29 is 9.53 Å². The molecule has 0 radical (unpaired) electrons. The van der Waals surface area contributed by atoms with Crippen molar-refractivity contribution in [1.82, 2.24) is 9.47 Å². The highest BCUT2D eigenvalue weighted by Crippen LogP contribution is 2.35. The number of ether oxygens (including phenoxy) is 1. The van der Waals surface area contributed by atoms with Gasteiger partial charge in [0.25, 0.3) is 5.56 Å². The summed E-state index contributed by atoms with van der Waals surface area (Å²) in [6.07, 6.45) is 3.66. The Morgan fingerprint density at radius 2 is 1.97 bits per heavy atom. The number of amides is 1. The Bertz CT molecular complexity index is 925. The SMILES string of the molecule is COCCC(=O)Nc1ccc2n(c1=O)C[C@@H]1C[C@@H]2CN(CCCc2ccccc2)C1. The predicted octanol–water partition coefficient (Wildman–Crippen LogP) is 2.88. The maximum atomic E-state index is 13.0. The van der Waals surface area contributed by atoms with Crippen LogP contribution < -0.4 is 10.9 Å². The third-order valence-electron chi connectivity index (χ3n) is 6.27. The Morgan fingerprint density at radius 1 is 1.13 bits per heavy atom. The predicted molar refractivity (Wildman–Crippen MR) is 118 cm³/mol. The standard InChI is InChI=1S/C24H31N3O3/c1-30-13-11-23(28)25-21-9-10-22-20-14-19(16-27(22)24(21)29)15-26(17-20)12-5-8-18-6-3-2-4-7-18/h2-4,6-7,9-10,19-20H,5,8,11-17H2,1H3,(H,25,28)/t19-,20-/m1/s1. The van der Waals surface area contributed by atoms with Crippen molar-refractivity contribution in [3.63, 3.8) is 0 Å². The number of methoxy groups -OCH3 is 1. The van der Waals surface area contributed by atoms with Crippen molar-refractivity contribution in [2.45, 2.75) is 38.1 Å². The van der Waals surface area contributed by atoms with E-state index in [1.807, 2.05) is 10.6 Å².